The van der Waals surface area contributed by atoms with E-state index in [-0.39, 0.29) is 12.1 Å². The molecule has 0 bridgehead atoms. The van der Waals surface area contributed by atoms with Gasteiger partial charge in [-0.15, -0.1) is 0 Å². The van der Waals surface area contributed by atoms with Gasteiger partial charge in [0.05, 0.1) is 19.6 Å². The van der Waals surface area contributed by atoms with Crippen molar-refractivity contribution in [2.75, 3.05) is 59.5 Å². The van der Waals surface area contributed by atoms with Crippen LogP contribution in [0.2, 0.25) is 0 Å². The lowest BCUT2D eigenvalue weighted by molar-refractivity contribution is -0.141. The van der Waals surface area contributed by atoms with E-state index in [1.807, 2.05) is 6.92 Å². The molecule has 0 spiro atoms. The summed E-state index contributed by atoms with van der Waals surface area (Å²) >= 11 is 0. The number of nitrogens with zero attached hydrogens (tertiary/aromatic N) is 2. The van der Waals surface area contributed by atoms with E-state index in [9.17, 15) is 4.79 Å². The molecule has 1 unspecified atom stereocenters. The van der Waals surface area contributed by atoms with Gasteiger partial charge in [-0.05, 0) is 6.92 Å². The highest BCUT2D eigenvalue weighted by molar-refractivity contribution is 5.69. The Morgan fingerprint density at radius 2 is 1.89 bits per heavy atom. The monoisotopic (exact) mass is 273 g/mol. The minimum Gasteiger partial charge on any atom is -0.469 e. The third-order valence-corrected chi connectivity index (χ3v) is 3.45. The number of piperazine rings is 1. The molecule has 2 N–H and O–H groups in total. The summed E-state index contributed by atoms with van der Waals surface area (Å²) in [6.07, 6.45) is 0.604. The topological polar surface area (TPSA) is 68.0 Å². The van der Waals surface area contributed by atoms with Crippen molar-refractivity contribution in [3.63, 3.8) is 0 Å². The number of esters is 1. The van der Waals surface area contributed by atoms with E-state index in [0.29, 0.717) is 19.6 Å². The first kappa shape index (κ1) is 16.4. The smallest absolute Gasteiger partial charge is 0.306 e. The summed E-state index contributed by atoms with van der Waals surface area (Å²) < 4.78 is 10.2. The van der Waals surface area contributed by atoms with Crippen molar-refractivity contribution >= 4 is 5.97 Å². The number of methoxy groups -OCH3 is 1. The number of hydrogen-bond acceptors (Lipinski definition) is 6. The fourth-order valence-corrected chi connectivity index (χ4v) is 2.27. The Bertz CT molecular complexity index is 256. The van der Waals surface area contributed by atoms with E-state index in [1.54, 1.807) is 0 Å². The molecule has 19 heavy (non-hydrogen) atoms. The van der Waals surface area contributed by atoms with Crippen LogP contribution in [0.5, 0.6) is 0 Å². The van der Waals surface area contributed by atoms with Crippen LogP contribution in [0, 0.1) is 0 Å². The Morgan fingerprint density at radius 3 is 2.42 bits per heavy atom. The molecule has 0 aromatic carbocycles. The minimum atomic E-state index is -0.137. The lowest BCUT2D eigenvalue weighted by atomic mass is 10.2. The molecule has 1 heterocycles. The zero-order valence-corrected chi connectivity index (χ0v) is 12.1. The number of rotatable bonds is 8. The number of carbonyl (C=O) groups is 1. The van der Waals surface area contributed by atoms with Gasteiger partial charge in [-0.1, -0.05) is 0 Å². The average molecular weight is 273 g/mol. The molecule has 1 fully saturated rings. The summed E-state index contributed by atoms with van der Waals surface area (Å²) in [7, 11) is 1.43. The lowest BCUT2D eigenvalue weighted by Gasteiger charge is -2.36. The largest absolute Gasteiger partial charge is 0.469 e. The van der Waals surface area contributed by atoms with Crippen molar-refractivity contribution in [2.24, 2.45) is 5.73 Å². The highest BCUT2D eigenvalue weighted by Crippen LogP contribution is 2.05. The molecule has 112 valence electrons. The molecule has 1 saturated heterocycles. The Labute approximate surface area is 115 Å². The van der Waals surface area contributed by atoms with Crippen LogP contribution in [0.3, 0.4) is 0 Å². The molecule has 0 saturated carbocycles. The van der Waals surface area contributed by atoms with Gasteiger partial charge in [0.15, 0.2) is 0 Å². The molecule has 0 aromatic rings. The molecular formula is C13H27N3O3. The van der Waals surface area contributed by atoms with Crippen LogP contribution in [0.1, 0.15) is 13.3 Å². The first-order valence-corrected chi connectivity index (χ1v) is 7.02. The number of nitrogens with two attached hydrogens (primary N) is 1. The molecule has 0 radical (unpaired) electrons. The van der Waals surface area contributed by atoms with Crippen LogP contribution in [0.25, 0.3) is 0 Å². The van der Waals surface area contributed by atoms with E-state index >= 15 is 0 Å². The van der Waals surface area contributed by atoms with Gasteiger partial charge >= 0.3 is 5.97 Å². The summed E-state index contributed by atoms with van der Waals surface area (Å²) in [6.45, 7) is 8.93. The molecular weight excluding hydrogens is 246 g/mol. The van der Waals surface area contributed by atoms with Crippen LogP contribution in [0.4, 0.5) is 0 Å². The molecule has 6 nitrogen and oxygen atoms in total. The van der Waals surface area contributed by atoms with Gasteiger partial charge in [-0.2, -0.15) is 0 Å². The molecule has 1 atom stereocenters. The highest BCUT2D eigenvalue weighted by Gasteiger charge is 2.20. The lowest BCUT2D eigenvalue weighted by Crippen LogP contribution is -2.50. The Kier molecular flexibility index (Phi) is 7.97. The van der Waals surface area contributed by atoms with Crippen molar-refractivity contribution in [3.8, 4) is 0 Å². The fourth-order valence-electron chi connectivity index (χ4n) is 2.27. The van der Waals surface area contributed by atoms with Crippen LogP contribution in [-0.4, -0.2) is 81.4 Å². The Balaban J connectivity index is 2.19. The van der Waals surface area contributed by atoms with Crippen molar-refractivity contribution in [2.45, 2.75) is 19.4 Å². The summed E-state index contributed by atoms with van der Waals surface area (Å²) in [5.41, 5.74) is 5.69. The molecule has 1 aliphatic rings. The highest BCUT2D eigenvalue weighted by atomic mass is 16.5. The van der Waals surface area contributed by atoms with Crippen LogP contribution in [0.15, 0.2) is 0 Å². The van der Waals surface area contributed by atoms with Crippen molar-refractivity contribution in [1.29, 1.82) is 0 Å². The van der Waals surface area contributed by atoms with Gasteiger partial charge in [0, 0.05) is 52.4 Å². The van der Waals surface area contributed by atoms with E-state index in [4.69, 9.17) is 10.5 Å². The SMILES string of the molecule is CCOC(CN)CN1CCN(CCC(=O)OC)CC1. The second-order valence-electron chi connectivity index (χ2n) is 4.78. The number of ether oxygens (including phenoxy) is 2. The maximum absolute atomic E-state index is 11.1. The van der Waals surface area contributed by atoms with Gasteiger partial charge in [0.1, 0.15) is 0 Å². The zero-order chi connectivity index (χ0) is 14.1. The van der Waals surface area contributed by atoms with Crippen LogP contribution >= 0.6 is 0 Å². The third kappa shape index (κ3) is 6.33. The van der Waals surface area contributed by atoms with E-state index in [0.717, 1.165) is 39.3 Å². The zero-order valence-electron chi connectivity index (χ0n) is 12.1. The van der Waals surface area contributed by atoms with Gasteiger partial charge in [0.2, 0.25) is 0 Å². The van der Waals surface area contributed by atoms with Crippen molar-refractivity contribution < 1.29 is 14.3 Å². The molecule has 0 amide bonds. The standard InChI is InChI=1S/C13H27N3O3/c1-3-19-12(10-14)11-16-8-6-15(7-9-16)5-4-13(17)18-2/h12H,3-11,14H2,1-2H3. The van der Waals surface area contributed by atoms with Gasteiger partial charge in [-0.3, -0.25) is 9.69 Å². The summed E-state index contributed by atoms with van der Waals surface area (Å²) in [5, 5.41) is 0. The minimum absolute atomic E-state index is 0.131. The van der Waals surface area contributed by atoms with E-state index in [1.165, 1.54) is 7.11 Å². The van der Waals surface area contributed by atoms with Crippen LogP contribution in [-0.2, 0) is 14.3 Å². The van der Waals surface area contributed by atoms with E-state index < -0.39 is 0 Å². The molecule has 1 rings (SSSR count). The predicted molar refractivity (Wildman–Crippen MR) is 74.0 cm³/mol. The maximum atomic E-state index is 11.1. The summed E-state index contributed by atoms with van der Waals surface area (Å²) in [5.74, 6) is -0.137. The third-order valence-electron chi connectivity index (χ3n) is 3.45. The first-order chi connectivity index (χ1) is 9.19. The molecule has 0 aliphatic carbocycles. The predicted octanol–water partition coefficient (Wildman–Crippen LogP) is -0.469. The number of carbonyl (C=O) groups excluding carboxylic acids is 1. The average Bonchev–Trinajstić information content (AvgIpc) is 2.45. The van der Waals surface area contributed by atoms with Gasteiger partial charge < -0.3 is 20.1 Å². The second kappa shape index (κ2) is 9.25. The van der Waals surface area contributed by atoms with Gasteiger partial charge in [0.25, 0.3) is 0 Å². The van der Waals surface area contributed by atoms with Gasteiger partial charge in [-0.25, -0.2) is 0 Å². The van der Waals surface area contributed by atoms with Crippen molar-refractivity contribution in [1.82, 2.24) is 9.80 Å². The maximum Gasteiger partial charge on any atom is 0.306 e. The molecule has 6 heteroatoms. The van der Waals surface area contributed by atoms with Crippen LogP contribution < -0.4 is 5.73 Å². The quantitative estimate of drug-likeness (QED) is 0.603. The fraction of sp³-hybridized carbons (Fsp3) is 0.923. The Hall–Kier alpha value is -0.690. The summed E-state index contributed by atoms with van der Waals surface area (Å²) in [6, 6.07) is 0. The summed E-state index contributed by atoms with van der Waals surface area (Å²) in [4.78, 5) is 15.8. The van der Waals surface area contributed by atoms with E-state index in [2.05, 4.69) is 14.5 Å². The normalized spacial score (nSPS) is 19.3. The molecule has 0 aromatic heterocycles. The number of hydrogen-bond donors (Lipinski definition) is 1. The Morgan fingerprint density at radius 1 is 1.26 bits per heavy atom. The van der Waals surface area contributed by atoms with Crippen molar-refractivity contribution in [3.05, 3.63) is 0 Å². The first-order valence-electron chi connectivity index (χ1n) is 7.02. The second-order valence-corrected chi connectivity index (χ2v) is 4.78. The molecule has 1 aliphatic heterocycles.